The molecular formula is C17H40O4Si2. The van der Waals surface area contributed by atoms with E-state index in [9.17, 15) is 0 Å². The molecule has 0 rings (SSSR count). The van der Waals surface area contributed by atoms with Crippen molar-refractivity contribution in [2.75, 3.05) is 0 Å². The van der Waals surface area contributed by atoms with Gasteiger partial charge in [0.1, 0.15) is 0 Å². The minimum Gasteiger partial charge on any atom is -0.394 e. The molecule has 6 heteroatoms. The van der Waals surface area contributed by atoms with E-state index in [2.05, 4.69) is 75.8 Å². The van der Waals surface area contributed by atoms with Crippen molar-refractivity contribution < 1.29 is 17.7 Å². The van der Waals surface area contributed by atoms with Crippen molar-refractivity contribution in [2.45, 2.75) is 111 Å². The van der Waals surface area contributed by atoms with Gasteiger partial charge in [-0.3, -0.25) is 0 Å². The Hall–Kier alpha value is 0.274. The molecule has 0 aliphatic carbocycles. The lowest BCUT2D eigenvalue weighted by Crippen LogP contribution is -2.50. The highest BCUT2D eigenvalue weighted by atomic mass is 28.4. The van der Waals surface area contributed by atoms with Crippen LogP contribution in [0.3, 0.4) is 0 Å². The van der Waals surface area contributed by atoms with Gasteiger partial charge in [-0.15, -0.1) is 0 Å². The molecule has 0 N–H and O–H groups in total. The number of hydrogen-bond acceptors (Lipinski definition) is 4. The van der Waals surface area contributed by atoms with Gasteiger partial charge in [-0.2, -0.15) is 0 Å². The highest BCUT2D eigenvalue weighted by molar-refractivity contribution is 6.67. The maximum absolute atomic E-state index is 6.39. The van der Waals surface area contributed by atoms with E-state index >= 15 is 0 Å². The molecule has 0 aliphatic rings. The van der Waals surface area contributed by atoms with Gasteiger partial charge in [0.15, 0.2) is 0 Å². The van der Waals surface area contributed by atoms with E-state index in [1.807, 2.05) is 0 Å². The summed E-state index contributed by atoms with van der Waals surface area (Å²) in [6.07, 6.45) is 0.399. The fraction of sp³-hybridized carbons (Fsp3) is 1.00. The van der Waals surface area contributed by atoms with Crippen LogP contribution in [-0.4, -0.2) is 41.3 Å². The summed E-state index contributed by atoms with van der Waals surface area (Å²) in [5.41, 5.74) is -0.415. The lowest BCUT2D eigenvalue weighted by atomic mass is 10.2. The molecule has 0 bridgehead atoms. The molecule has 4 nitrogen and oxygen atoms in total. The molecule has 23 heavy (non-hydrogen) atoms. The topological polar surface area (TPSA) is 36.9 Å². The smallest absolute Gasteiger partial charge is 0.335 e. The monoisotopic (exact) mass is 364 g/mol. The maximum Gasteiger partial charge on any atom is 0.335 e. The summed E-state index contributed by atoms with van der Waals surface area (Å²) in [7, 11) is -4.02. The van der Waals surface area contributed by atoms with Crippen LogP contribution in [0.25, 0.3) is 0 Å². The molecular weight excluding hydrogens is 324 g/mol. The Morgan fingerprint density at radius 2 is 1.13 bits per heavy atom. The third kappa shape index (κ3) is 13.3. The fourth-order valence-corrected chi connectivity index (χ4v) is 10.0. The zero-order valence-electron chi connectivity index (χ0n) is 17.3. The predicted octanol–water partition coefficient (Wildman–Crippen LogP) is 4.76. The summed E-state index contributed by atoms with van der Waals surface area (Å²) in [6, 6.07) is 1.82. The first-order chi connectivity index (χ1) is 10.1. The van der Waals surface area contributed by atoms with Crippen molar-refractivity contribution in [3.05, 3.63) is 0 Å². The fourth-order valence-electron chi connectivity index (χ4n) is 2.57. The van der Waals surface area contributed by atoms with Crippen LogP contribution in [0.5, 0.6) is 0 Å². The molecule has 0 amide bonds. The zero-order chi connectivity index (χ0) is 18.5. The van der Waals surface area contributed by atoms with Crippen LogP contribution in [-0.2, 0) is 17.7 Å². The van der Waals surface area contributed by atoms with Crippen LogP contribution in [0.1, 0.15) is 69.2 Å². The lowest BCUT2D eigenvalue weighted by Gasteiger charge is -2.39. The first kappa shape index (κ1) is 23.3. The predicted molar refractivity (Wildman–Crippen MR) is 102 cm³/mol. The number of hydrogen-bond donors (Lipinski definition) is 0. The number of rotatable bonds is 9. The molecule has 0 saturated heterocycles. The maximum atomic E-state index is 6.39. The van der Waals surface area contributed by atoms with Gasteiger partial charge in [0.2, 0.25) is 0 Å². The van der Waals surface area contributed by atoms with Gasteiger partial charge < -0.3 is 17.7 Å². The lowest BCUT2D eigenvalue weighted by molar-refractivity contribution is 0.0176. The van der Waals surface area contributed by atoms with Crippen molar-refractivity contribution >= 4 is 17.8 Å². The highest BCUT2D eigenvalue weighted by Crippen LogP contribution is 2.29. The van der Waals surface area contributed by atoms with Gasteiger partial charge in [0, 0.05) is 12.2 Å². The van der Waals surface area contributed by atoms with E-state index in [1.165, 1.54) is 0 Å². The van der Waals surface area contributed by atoms with Gasteiger partial charge in [-0.1, -0.05) is 0 Å². The van der Waals surface area contributed by atoms with Gasteiger partial charge in [0.25, 0.3) is 0 Å². The van der Waals surface area contributed by atoms with Crippen LogP contribution >= 0.6 is 0 Å². The second-order valence-corrected chi connectivity index (χ2v) is 14.1. The molecule has 0 aromatic rings. The Kier molecular flexibility index (Phi) is 9.21. The van der Waals surface area contributed by atoms with E-state index in [4.69, 9.17) is 17.7 Å². The summed E-state index contributed by atoms with van der Waals surface area (Å²) < 4.78 is 24.9. The normalized spacial score (nSPS) is 14.3. The minimum absolute atomic E-state index is 0.199. The molecule has 140 valence electrons. The Morgan fingerprint density at radius 1 is 0.783 bits per heavy atom. The standard InChI is InChI=1S/C17H40O4Si2/c1-14(2)18-22(19-15(3)4)12-13-23(11,20-16(5,6)7)21-17(8,9)10/h14-15,22H,12-13H2,1-11H3. The second-order valence-electron chi connectivity index (χ2n) is 8.90. The molecule has 0 radical (unpaired) electrons. The summed E-state index contributed by atoms with van der Waals surface area (Å²) in [4.78, 5) is 0. The van der Waals surface area contributed by atoms with Gasteiger partial charge in [-0.05, 0) is 87.9 Å². The van der Waals surface area contributed by atoms with Gasteiger partial charge >= 0.3 is 17.8 Å². The Morgan fingerprint density at radius 3 is 1.39 bits per heavy atom. The summed E-state index contributed by atoms with van der Waals surface area (Å²) in [5.74, 6) is 0. The summed E-state index contributed by atoms with van der Waals surface area (Å²) >= 11 is 0. The average molecular weight is 365 g/mol. The van der Waals surface area contributed by atoms with Crippen molar-refractivity contribution in [2.24, 2.45) is 0 Å². The zero-order valence-corrected chi connectivity index (χ0v) is 19.4. The highest BCUT2D eigenvalue weighted by Gasteiger charge is 2.40. The van der Waals surface area contributed by atoms with E-state index in [0.717, 1.165) is 12.1 Å². The molecule has 0 unspecified atom stereocenters. The molecule has 0 spiro atoms. The van der Waals surface area contributed by atoms with Crippen LogP contribution in [0.15, 0.2) is 0 Å². The van der Waals surface area contributed by atoms with Crippen molar-refractivity contribution in [1.82, 2.24) is 0 Å². The van der Waals surface area contributed by atoms with Crippen LogP contribution in [0, 0.1) is 0 Å². The third-order valence-electron chi connectivity index (χ3n) is 2.73. The Labute approximate surface area is 147 Å². The van der Waals surface area contributed by atoms with Crippen molar-refractivity contribution in [3.63, 3.8) is 0 Å². The van der Waals surface area contributed by atoms with E-state index in [0.29, 0.717) is 0 Å². The molecule has 0 aromatic heterocycles. The van der Waals surface area contributed by atoms with E-state index in [-0.39, 0.29) is 23.4 Å². The summed E-state index contributed by atoms with van der Waals surface area (Å²) in [6.45, 7) is 23.0. The van der Waals surface area contributed by atoms with Crippen LogP contribution in [0.2, 0.25) is 18.6 Å². The van der Waals surface area contributed by atoms with Crippen molar-refractivity contribution in [3.8, 4) is 0 Å². The van der Waals surface area contributed by atoms with Crippen LogP contribution in [0.4, 0.5) is 0 Å². The second kappa shape index (κ2) is 9.10. The summed E-state index contributed by atoms with van der Waals surface area (Å²) in [5, 5.41) is 0. The Bertz CT molecular complexity index is 306. The molecule has 0 aromatic carbocycles. The first-order valence-corrected chi connectivity index (χ1v) is 13.1. The van der Waals surface area contributed by atoms with Crippen molar-refractivity contribution in [1.29, 1.82) is 0 Å². The molecule has 0 saturated carbocycles. The Balaban J connectivity index is 4.97. The molecule has 0 atom stereocenters. The van der Waals surface area contributed by atoms with Gasteiger partial charge in [0.05, 0.1) is 11.2 Å². The van der Waals surface area contributed by atoms with Crippen LogP contribution < -0.4 is 0 Å². The molecule has 0 fully saturated rings. The van der Waals surface area contributed by atoms with E-state index < -0.39 is 17.8 Å². The minimum atomic E-state index is -2.31. The molecule has 0 heterocycles. The average Bonchev–Trinajstić information content (AvgIpc) is 2.18. The first-order valence-electron chi connectivity index (χ1n) is 8.83. The largest absolute Gasteiger partial charge is 0.394 e. The third-order valence-corrected chi connectivity index (χ3v) is 9.04. The van der Waals surface area contributed by atoms with Gasteiger partial charge in [-0.25, -0.2) is 0 Å². The van der Waals surface area contributed by atoms with E-state index in [1.54, 1.807) is 0 Å². The SMILES string of the molecule is CC(C)O[SiH](CC[Si](C)(OC(C)(C)C)OC(C)(C)C)OC(C)C. The quantitative estimate of drug-likeness (QED) is 0.553. The molecule has 0 aliphatic heterocycles.